The van der Waals surface area contributed by atoms with Gasteiger partial charge in [-0.3, -0.25) is 14.0 Å². The summed E-state index contributed by atoms with van der Waals surface area (Å²) in [6.45, 7) is 1.87. The van der Waals surface area contributed by atoms with Gasteiger partial charge in [-0.05, 0) is 31.4 Å². The molecule has 2 heterocycles. The van der Waals surface area contributed by atoms with E-state index in [2.05, 4.69) is 10.3 Å². The van der Waals surface area contributed by atoms with Crippen molar-refractivity contribution in [2.75, 3.05) is 0 Å². The summed E-state index contributed by atoms with van der Waals surface area (Å²) in [6, 6.07) is 3.31. The molecule has 2 atom stereocenters. The SMILES string of the molecule is Cc1ccc2ncc(C(=O)NC3CCCCC3O)c(=O)n2c1. The molecular weight excluding hydrogens is 282 g/mol. The standard InChI is InChI=1S/C16H19N3O3/c1-10-6-7-14-17-8-11(16(22)19(14)9-10)15(21)18-12-4-2-3-5-13(12)20/h6-9,12-13,20H,2-5H2,1H3,(H,18,21). The lowest BCUT2D eigenvalue weighted by molar-refractivity contribution is 0.0716. The van der Waals surface area contributed by atoms with E-state index in [1.165, 1.54) is 10.6 Å². The summed E-state index contributed by atoms with van der Waals surface area (Å²) in [5, 5.41) is 12.7. The van der Waals surface area contributed by atoms with E-state index >= 15 is 0 Å². The molecule has 3 rings (SSSR count). The second-order valence-electron chi connectivity index (χ2n) is 5.84. The van der Waals surface area contributed by atoms with Gasteiger partial charge >= 0.3 is 0 Å². The zero-order valence-corrected chi connectivity index (χ0v) is 12.5. The molecule has 1 fully saturated rings. The molecule has 1 aliphatic rings. The van der Waals surface area contributed by atoms with Crippen LogP contribution in [0.3, 0.4) is 0 Å². The number of aliphatic hydroxyl groups excluding tert-OH is 1. The number of hydrogen-bond donors (Lipinski definition) is 2. The molecule has 6 heteroatoms. The zero-order chi connectivity index (χ0) is 15.7. The van der Waals surface area contributed by atoms with E-state index in [4.69, 9.17) is 0 Å². The number of aliphatic hydroxyl groups is 1. The number of rotatable bonds is 2. The van der Waals surface area contributed by atoms with Gasteiger partial charge in [-0.15, -0.1) is 0 Å². The Morgan fingerprint density at radius 2 is 2.14 bits per heavy atom. The molecule has 0 radical (unpaired) electrons. The average Bonchev–Trinajstić information content (AvgIpc) is 2.50. The largest absolute Gasteiger partial charge is 0.391 e. The number of carbonyl (C=O) groups is 1. The Balaban J connectivity index is 1.91. The van der Waals surface area contributed by atoms with Gasteiger partial charge in [-0.1, -0.05) is 18.9 Å². The van der Waals surface area contributed by atoms with Gasteiger partial charge in [0.25, 0.3) is 11.5 Å². The topological polar surface area (TPSA) is 83.7 Å². The fourth-order valence-electron chi connectivity index (χ4n) is 2.86. The third kappa shape index (κ3) is 2.74. The highest BCUT2D eigenvalue weighted by atomic mass is 16.3. The monoisotopic (exact) mass is 301 g/mol. The predicted octanol–water partition coefficient (Wildman–Crippen LogP) is 1.04. The summed E-state index contributed by atoms with van der Waals surface area (Å²) in [6.07, 6.45) is 5.77. The Morgan fingerprint density at radius 1 is 1.36 bits per heavy atom. The van der Waals surface area contributed by atoms with E-state index in [1.54, 1.807) is 12.3 Å². The fraction of sp³-hybridized carbons (Fsp3) is 0.438. The molecule has 2 unspecified atom stereocenters. The maximum atomic E-state index is 12.4. The van der Waals surface area contributed by atoms with Crippen LogP contribution in [0.25, 0.3) is 5.65 Å². The molecule has 2 aromatic rings. The van der Waals surface area contributed by atoms with E-state index in [0.29, 0.717) is 12.1 Å². The first-order valence-electron chi connectivity index (χ1n) is 7.53. The van der Waals surface area contributed by atoms with Crippen LogP contribution in [0.5, 0.6) is 0 Å². The van der Waals surface area contributed by atoms with Gasteiger partial charge < -0.3 is 10.4 Å². The predicted molar refractivity (Wildman–Crippen MR) is 81.9 cm³/mol. The summed E-state index contributed by atoms with van der Waals surface area (Å²) < 4.78 is 1.38. The van der Waals surface area contributed by atoms with Gasteiger partial charge in [0.2, 0.25) is 0 Å². The van der Waals surface area contributed by atoms with Crippen LogP contribution >= 0.6 is 0 Å². The number of nitrogens with zero attached hydrogens (tertiary/aromatic N) is 2. The van der Waals surface area contributed by atoms with Gasteiger partial charge in [0, 0.05) is 12.4 Å². The number of hydrogen-bond acceptors (Lipinski definition) is 4. The maximum Gasteiger partial charge on any atom is 0.270 e. The van der Waals surface area contributed by atoms with Crippen molar-refractivity contribution in [2.24, 2.45) is 0 Å². The molecule has 116 valence electrons. The van der Waals surface area contributed by atoms with Crippen LogP contribution < -0.4 is 10.9 Å². The fourth-order valence-corrected chi connectivity index (χ4v) is 2.86. The van der Waals surface area contributed by atoms with Crippen LogP contribution in [0.15, 0.2) is 29.3 Å². The van der Waals surface area contributed by atoms with Gasteiger partial charge in [-0.25, -0.2) is 4.98 Å². The molecular formula is C16H19N3O3. The molecule has 2 N–H and O–H groups in total. The van der Waals surface area contributed by atoms with Crippen LogP contribution in [0.2, 0.25) is 0 Å². The molecule has 0 aliphatic heterocycles. The molecule has 1 saturated carbocycles. The number of nitrogens with one attached hydrogen (secondary N) is 1. The van der Waals surface area contributed by atoms with Crippen molar-refractivity contribution in [1.82, 2.24) is 14.7 Å². The van der Waals surface area contributed by atoms with Crippen LogP contribution in [0.1, 0.15) is 41.6 Å². The minimum absolute atomic E-state index is 0.000809. The van der Waals surface area contributed by atoms with Crippen molar-refractivity contribution >= 4 is 11.6 Å². The molecule has 2 aromatic heterocycles. The van der Waals surface area contributed by atoms with Gasteiger partial charge in [-0.2, -0.15) is 0 Å². The zero-order valence-electron chi connectivity index (χ0n) is 12.5. The molecule has 1 aliphatic carbocycles. The van der Waals surface area contributed by atoms with E-state index in [0.717, 1.165) is 24.8 Å². The number of carbonyl (C=O) groups excluding carboxylic acids is 1. The second kappa shape index (κ2) is 5.88. The Hall–Kier alpha value is -2.21. The lowest BCUT2D eigenvalue weighted by Gasteiger charge is -2.28. The van der Waals surface area contributed by atoms with Crippen molar-refractivity contribution in [3.63, 3.8) is 0 Å². The molecule has 0 bridgehead atoms. The number of aryl methyl sites for hydroxylation is 1. The molecule has 6 nitrogen and oxygen atoms in total. The number of aromatic nitrogens is 2. The molecule has 22 heavy (non-hydrogen) atoms. The number of fused-ring (bicyclic) bond motifs is 1. The first kappa shape index (κ1) is 14.7. The van der Waals surface area contributed by atoms with Gasteiger partial charge in [0.1, 0.15) is 11.2 Å². The third-order valence-corrected chi connectivity index (χ3v) is 4.14. The Bertz CT molecular complexity index is 769. The van der Waals surface area contributed by atoms with Crippen molar-refractivity contribution in [3.8, 4) is 0 Å². The van der Waals surface area contributed by atoms with Crippen molar-refractivity contribution < 1.29 is 9.90 Å². The first-order valence-corrected chi connectivity index (χ1v) is 7.53. The minimum Gasteiger partial charge on any atom is -0.391 e. The summed E-state index contributed by atoms with van der Waals surface area (Å²) >= 11 is 0. The minimum atomic E-state index is -0.545. The van der Waals surface area contributed by atoms with E-state index in [-0.39, 0.29) is 11.6 Å². The van der Waals surface area contributed by atoms with Gasteiger partial charge in [0.05, 0.1) is 12.1 Å². The normalized spacial score (nSPS) is 21.7. The van der Waals surface area contributed by atoms with Crippen LogP contribution in [0.4, 0.5) is 0 Å². The molecule has 0 aromatic carbocycles. The summed E-state index contributed by atoms with van der Waals surface area (Å²) in [5.41, 5.74) is 1.03. The highest BCUT2D eigenvalue weighted by molar-refractivity contribution is 5.94. The van der Waals surface area contributed by atoms with Gasteiger partial charge in [0.15, 0.2) is 0 Å². The molecule has 0 spiro atoms. The van der Waals surface area contributed by atoms with E-state index in [1.807, 2.05) is 13.0 Å². The van der Waals surface area contributed by atoms with Crippen molar-refractivity contribution in [3.05, 3.63) is 46.0 Å². The number of pyridine rings is 1. The number of amides is 1. The third-order valence-electron chi connectivity index (χ3n) is 4.14. The van der Waals surface area contributed by atoms with Crippen LogP contribution in [-0.4, -0.2) is 32.5 Å². The molecule has 0 saturated heterocycles. The lowest BCUT2D eigenvalue weighted by atomic mass is 9.92. The summed E-state index contributed by atoms with van der Waals surface area (Å²) in [5.74, 6) is -0.473. The Labute approximate surface area is 127 Å². The average molecular weight is 301 g/mol. The van der Waals surface area contributed by atoms with Crippen LogP contribution in [0, 0.1) is 6.92 Å². The highest BCUT2D eigenvalue weighted by Crippen LogP contribution is 2.18. The van der Waals surface area contributed by atoms with Crippen molar-refractivity contribution in [1.29, 1.82) is 0 Å². The van der Waals surface area contributed by atoms with E-state index in [9.17, 15) is 14.7 Å². The van der Waals surface area contributed by atoms with Crippen LogP contribution in [-0.2, 0) is 0 Å². The van der Waals surface area contributed by atoms with E-state index < -0.39 is 17.6 Å². The quantitative estimate of drug-likeness (QED) is 0.868. The summed E-state index contributed by atoms with van der Waals surface area (Å²) in [4.78, 5) is 28.9. The van der Waals surface area contributed by atoms with Crippen molar-refractivity contribution in [2.45, 2.75) is 44.8 Å². The summed E-state index contributed by atoms with van der Waals surface area (Å²) in [7, 11) is 0. The smallest absolute Gasteiger partial charge is 0.270 e. The maximum absolute atomic E-state index is 12.4. The molecule has 1 amide bonds. The Kier molecular flexibility index (Phi) is 3.94. The lowest BCUT2D eigenvalue weighted by Crippen LogP contribution is -2.46. The second-order valence-corrected chi connectivity index (χ2v) is 5.84. The Morgan fingerprint density at radius 3 is 2.91 bits per heavy atom. The highest BCUT2D eigenvalue weighted by Gasteiger charge is 2.26. The first-order chi connectivity index (χ1) is 10.6.